The van der Waals surface area contributed by atoms with E-state index in [9.17, 15) is 0 Å². The Kier molecular flexibility index (Phi) is 3.81. The van der Waals surface area contributed by atoms with Crippen LogP contribution in [0.5, 0.6) is 11.5 Å². The van der Waals surface area contributed by atoms with Crippen LogP contribution in [-0.2, 0) is 13.1 Å². The predicted octanol–water partition coefficient (Wildman–Crippen LogP) is 3.28. The first kappa shape index (κ1) is 12.9. The predicted molar refractivity (Wildman–Crippen MR) is 79.5 cm³/mol. The second kappa shape index (κ2) is 5.90. The van der Waals surface area contributed by atoms with Crippen LogP contribution in [0.2, 0.25) is 0 Å². The maximum atomic E-state index is 5.69. The van der Waals surface area contributed by atoms with E-state index in [4.69, 9.17) is 9.47 Å². The van der Waals surface area contributed by atoms with Crippen molar-refractivity contribution in [2.45, 2.75) is 26.4 Å². The number of hydrogen-bond acceptors (Lipinski definition) is 3. The van der Waals surface area contributed by atoms with E-state index in [1.54, 1.807) is 0 Å². The van der Waals surface area contributed by atoms with Gasteiger partial charge < -0.3 is 19.4 Å². The van der Waals surface area contributed by atoms with Gasteiger partial charge in [0.05, 0.1) is 13.2 Å². The number of aryl methyl sites for hydroxylation is 1. The van der Waals surface area contributed by atoms with Crippen molar-refractivity contribution in [3.8, 4) is 11.5 Å². The minimum absolute atomic E-state index is 0.718. The highest BCUT2D eigenvalue weighted by Gasteiger charge is 2.10. The second-order valence-electron chi connectivity index (χ2n) is 4.92. The third kappa shape index (κ3) is 2.90. The standard InChI is InChI=1S/C16H20N2O2/c1-2-18-7-6-13(12-18)11-17-14-4-5-15-16(10-14)20-9-3-8-19-15/h4-7,10,12,17H,2-3,8-9,11H2,1H3. The third-order valence-corrected chi connectivity index (χ3v) is 3.42. The molecule has 4 nitrogen and oxygen atoms in total. The molecule has 1 aliphatic heterocycles. The maximum Gasteiger partial charge on any atom is 0.163 e. The number of rotatable bonds is 4. The lowest BCUT2D eigenvalue weighted by Crippen LogP contribution is -2.00. The van der Waals surface area contributed by atoms with E-state index in [1.165, 1.54) is 5.56 Å². The normalized spacial score (nSPS) is 13.8. The molecule has 20 heavy (non-hydrogen) atoms. The lowest BCUT2D eigenvalue weighted by molar-refractivity contribution is 0.297. The van der Waals surface area contributed by atoms with E-state index in [-0.39, 0.29) is 0 Å². The summed E-state index contributed by atoms with van der Waals surface area (Å²) in [7, 11) is 0. The van der Waals surface area contributed by atoms with Crippen LogP contribution in [0.15, 0.2) is 36.7 Å². The SMILES string of the molecule is CCn1ccc(CNc2ccc3c(c2)OCCCO3)c1. The highest BCUT2D eigenvalue weighted by Crippen LogP contribution is 2.32. The third-order valence-electron chi connectivity index (χ3n) is 3.42. The van der Waals surface area contributed by atoms with Gasteiger partial charge in [0.2, 0.25) is 0 Å². The van der Waals surface area contributed by atoms with Crippen LogP contribution >= 0.6 is 0 Å². The molecule has 0 bridgehead atoms. The van der Waals surface area contributed by atoms with Gasteiger partial charge in [-0.15, -0.1) is 0 Å². The number of ether oxygens (including phenoxy) is 2. The second-order valence-corrected chi connectivity index (χ2v) is 4.92. The fourth-order valence-electron chi connectivity index (χ4n) is 2.27. The van der Waals surface area contributed by atoms with Gasteiger partial charge in [-0.05, 0) is 30.7 Å². The molecular formula is C16H20N2O2. The molecule has 0 saturated carbocycles. The molecule has 0 radical (unpaired) electrons. The van der Waals surface area contributed by atoms with Crippen LogP contribution < -0.4 is 14.8 Å². The lowest BCUT2D eigenvalue weighted by atomic mass is 10.2. The molecule has 2 heterocycles. The quantitative estimate of drug-likeness (QED) is 0.927. The molecule has 2 aromatic rings. The van der Waals surface area contributed by atoms with Crippen molar-refractivity contribution in [2.24, 2.45) is 0 Å². The summed E-state index contributed by atoms with van der Waals surface area (Å²) in [6, 6.07) is 8.15. The molecule has 0 spiro atoms. The van der Waals surface area contributed by atoms with Crippen molar-refractivity contribution in [3.63, 3.8) is 0 Å². The summed E-state index contributed by atoms with van der Waals surface area (Å²) in [5.74, 6) is 1.67. The fourth-order valence-corrected chi connectivity index (χ4v) is 2.27. The maximum absolute atomic E-state index is 5.69. The molecule has 0 amide bonds. The first-order chi connectivity index (χ1) is 9.85. The van der Waals surface area contributed by atoms with E-state index in [0.717, 1.165) is 49.9 Å². The number of anilines is 1. The van der Waals surface area contributed by atoms with Crippen molar-refractivity contribution < 1.29 is 9.47 Å². The Morgan fingerprint density at radius 1 is 1.15 bits per heavy atom. The molecule has 0 unspecified atom stereocenters. The van der Waals surface area contributed by atoms with Gasteiger partial charge in [0, 0.05) is 43.7 Å². The van der Waals surface area contributed by atoms with Crippen LogP contribution in [0.1, 0.15) is 18.9 Å². The Morgan fingerprint density at radius 2 is 2.00 bits per heavy atom. The van der Waals surface area contributed by atoms with Gasteiger partial charge in [-0.3, -0.25) is 0 Å². The summed E-state index contributed by atoms with van der Waals surface area (Å²) in [6.45, 7) is 5.40. The van der Waals surface area contributed by atoms with Gasteiger partial charge in [0.25, 0.3) is 0 Å². The first-order valence-electron chi connectivity index (χ1n) is 7.13. The molecule has 0 aliphatic carbocycles. The average molecular weight is 272 g/mol. The van der Waals surface area contributed by atoms with Gasteiger partial charge in [0.1, 0.15) is 0 Å². The molecule has 1 aliphatic rings. The molecule has 3 rings (SSSR count). The summed E-state index contributed by atoms with van der Waals surface area (Å²) < 4.78 is 13.5. The van der Waals surface area contributed by atoms with Gasteiger partial charge in [-0.1, -0.05) is 0 Å². The molecule has 0 saturated heterocycles. The monoisotopic (exact) mass is 272 g/mol. The lowest BCUT2D eigenvalue weighted by Gasteiger charge is -2.10. The molecule has 1 aromatic heterocycles. The summed E-state index contributed by atoms with van der Waals surface area (Å²) in [4.78, 5) is 0. The van der Waals surface area contributed by atoms with E-state index < -0.39 is 0 Å². The molecule has 1 aromatic carbocycles. The number of fused-ring (bicyclic) bond motifs is 1. The number of benzene rings is 1. The van der Waals surface area contributed by atoms with E-state index >= 15 is 0 Å². The Balaban J connectivity index is 1.67. The van der Waals surface area contributed by atoms with Crippen LogP contribution in [0, 0.1) is 0 Å². The minimum Gasteiger partial charge on any atom is -0.490 e. The van der Waals surface area contributed by atoms with E-state index in [2.05, 4.69) is 35.3 Å². The van der Waals surface area contributed by atoms with Crippen molar-refractivity contribution in [1.82, 2.24) is 4.57 Å². The Bertz CT molecular complexity index is 578. The number of nitrogens with zero attached hydrogens (tertiary/aromatic N) is 1. The zero-order valence-electron chi connectivity index (χ0n) is 11.8. The number of hydrogen-bond donors (Lipinski definition) is 1. The highest BCUT2D eigenvalue weighted by molar-refractivity contribution is 5.55. The molecule has 1 N–H and O–H groups in total. The number of aromatic nitrogens is 1. The van der Waals surface area contributed by atoms with Crippen LogP contribution in [0.25, 0.3) is 0 Å². The summed E-state index contributed by atoms with van der Waals surface area (Å²) in [5.41, 5.74) is 2.33. The zero-order valence-corrected chi connectivity index (χ0v) is 11.8. The van der Waals surface area contributed by atoms with Crippen molar-refractivity contribution in [1.29, 1.82) is 0 Å². The topological polar surface area (TPSA) is 35.4 Å². The Labute approximate surface area is 119 Å². The Morgan fingerprint density at radius 3 is 2.80 bits per heavy atom. The summed E-state index contributed by atoms with van der Waals surface area (Å²) >= 11 is 0. The zero-order chi connectivity index (χ0) is 13.8. The fraction of sp³-hybridized carbons (Fsp3) is 0.375. The Hall–Kier alpha value is -2.10. The largest absolute Gasteiger partial charge is 0.490 e. The van der Waals surface area contributed by atoms with Gasteiger partial charge in [0.15, 0.2) is 11.5 Å². The van der Waals surface area contributed by atoms with Gasteiger partial charge in [-0.2, -0.15) is 0 Å². The van der Waals surface area contributed by atoms with Crippen LogP contribution in [0.3, 0.4) is 0 Å². The molecule has 0 fully saturated rings. The van der Waals surface area contributed by atoms with E-state index in [0.29, 0.717) is 0 Å². The van der Waals surface area contributed by atoms with E-state index in [1.807, 2.05) is 18.2 Å². The average Bonchev–Trinajstić information content (AvgIpc) is 2.82. The highest BCUT2D eigenvalue weighted by atomic mass is 16.5. The van der Waals surface area contributed by atoms with Gasteiger partial charge in [-0.25, -0.2) is 0 Å². The van der Waals surface area contributed by atoms with Crippen LogP contribution in [0.4, 0.5) is 5.69 Å². The van der Waals surface area contributed by atoms with Gasteiger partial charge >= 0.3 is 0 Å². The first-order valence-corrected chi connectivity index (χ1v) is 7.13. The minimum atomic E-state index is 0.718. The molecular weight excluding hydrogens is 252 g/mol. The smallest absolute Gasteiger partial charge is 0.163 e. The van der Waals surface area contributed by atoms with Crippen molar-refractivity contribution in [2.75, 3.05) is 18.5 Å². The summed E-state index contributed by atoms with van der Waals surface area (Å²) in [6.07, 6.45) is 5.20. The molecule has 0 atom stereocenters. The van der Waals surface area contributed by atoms with Crippen molar-refractivity contribution >= 4 is 5.69 Å². The summed E-state index contributed by atoms with van der Waals surface area (Å²) in [5, 5.41) is 3.42. The molecule has 106 valence electrons. The number of nitrogens with one attached hydrogen (secondary N) is 1. The van der Waals surface area contributed by atoms with Crippen LogP contribution in [-0.4, -0.2) is 17.8 Å². The van der Waals surface area contributed by atoms with Crippen molar-refractivity contribution in [3.05, 3.63) is 42.2 Å². The molecule has 4 heteroatoms.